The lowest BCUT2D eigenvalue weighted by molar-refractivity contribution is 0.0545. The molecule has 4 atom stereocenters. The van der Waals surface area contributed by atoms with E-state index in [1.807, 2.05) is 6.26 Å². The third-order valence-electron chi connectivity index (χ3n) is 2.78. The largest absolute Gasteiger partial charge is 0.495 e. The van der Waals surface area contributed by atoms with Crippen LogP contribution in [-0.2, 0) is 9.47 Å². The Balaban J connectivity index is 2.18. The molecule has 2 heterocycles. The number of hydrogen-bond donors (Lipinski definition) is 0. The molecule has 0 bridgehead atoms. The van der Waals surface area contributed by atoms with Crippen molar-refractivity contribution in [2.75, 3.05) is 0 Å². The van der Waals surface area contributed by atoms with Crippen molar-refractivity contribution < 1.29 is 9.47 Å². The van der Waals surface area contributed by atoms with Gasteiger partial charge in [-0.2, -0.15) is 0 Å². The molecular formula is C9H14O2. The van der Waals surface area contributed by atoms with E-state index in [0.29, 0.717) is 12.0 Å². The van der Waals surface area contributed by atoms with Gasteiger partial charge in [-0.05, 0) is 19.4 Å². The lowest BCUT2D eigenvalue weighted by Gasteiger charge is -2.12. The summed E-state index contributed by atoms with van der Waals surface area (Å²) >= 11 is 0. The van der Waals surface area contributed by atoms with Crippen LogP contribution in [0.5, 0.6) is 0 Å². The molecule has 0 aromatic rings. The molecule has 2 heteroatoms. The highest BCUT2D eigenvalue weighted by molar-refractivity contribution is 5.14. The van der Waals surface area contributed by atoms with E-state index < -0.39 is 0 Å². The zero-order valence-corrected chi connectivity index (χ0v) is 7.20. The van der Waals surface area contributed by atoms with Gasteiger partial charge in [-0.15, -0.1) is 0 Å². The Morgan fingerprint density at radius 2 is 2.09 bits per heavy atom. The lowest BCUT2D eigenvalue weighted by Crippen LogP contribution is -2.23. The van der Waals surface area contributed by atoms with Crippen molar-refractivity contribution in [2.45, 2.75) is 39.1 Å². The summed E-state index contributed by atoms with van der Waals surface area (Å²) in [7, 11) is 0. The topological polar surface area (TPSA) is 18.5 Å². The predicted octanol–water partition coefficient (Wildman–Crippen LogP) is 1.71. The molecule has 4 unspecified atom stereocenters. The van der Waals surface area contributed by atoms with E-state index in [0.717, 1.165) is 0 Å². The van der Waals surface area contributed by atoms with Crippen LogP contribution in [0.15, 0.2) is 11.8 Å². The number of fused-ring (bicyclic) bond motifs is 1. The molecule has 2 aliphatic heterocycles. The minimum Gasteiger partial charge on any atom is -0.495 e. The van der Waals surface area contributed by atoms with E-state index in [2.05, 4.69) is 20.8 Å². The second-order valence-electron chi connectivity index (χ2n) is 3.58. The zero-order valence-electron chi connectivity index (χ0n) is 7.20. The predicted molar refractivity (Wildman–Crippen MR) is 42.1 cm³/mol. The Morgan fingerprint density at radius 1 is 1.36 bits per heavy atom. The summed E-state index contributed by atoms with van der Waals surface area (Å²) in [5, 5.41) is 0. The fourth-order valence-corrected chi connectivity index (χ4v) is 1.79. The van der Waals surface area contributed by atoms with Crippen molar-refractivity contribution in [1.29, 1.82) is 0 Å². The van der Waals surface area contributed by atoms with Crippen molar-refractivity contribution in [3.05, 3.63) is 11.8 Å². The number of hydrogen-bond acceptors (Lipinski definition) is 2. The first-order chi connectivity index (χ1) is 5.20. The average Bonchev–Trinajstić information content (AvgIpc) is 2.43. The molecule has 0 radical (unpaired) electrons. The normalized spacial score (nSPS) is 48.5. The van der Waals surface area contributed by atoms with Crippen LogP contribution in [0.3, 0.4) is 0 Å². The van der Waals surface area contributed by atoms with Gasteiger partial charge in [0.1, 0.15) is 12.2 Å². The van der Waals surface area contributed by atoms with Gasteiger partial charge in [0.05, 0.1) is 12.4 Å². The number of ether oxygens (including phenoxy) is 2. The molecule has 1 fully saturated rings. The summed E-state index contributed by atoms with van der Waals surface area (Å²) in [6, 6.07) is 0. The first kappa shape index (κ1) is 7.17. The van der Waals surface area contributed by atoms with Gasteiger partial charge >= 0.3 is 0 Å². The molecule has 0 aromatic carbocycles. The molecule has 2 rings (SSSR count). The van der Waals surface area contributed by atoms with Crippen LogP contribution in [0.2, 0.25) is 0 Å². The van der Waals surface area contributed by atoms with Crippen LogP contribution in [0, 0.1) is 5.92 Å². The van der Waals surface area contributed by atoms with Crippen LogP contribution < -0.4 is 0 Å². The summed E-state index contributed by atoms with van der Waals surface area (Å²) in [4.78, 5) is 0. The van der Waals surface area contributed by atoms with Crippen LogP contribution in [0.1, 0.15) is 20.8 Å². The van der Waals surface area contributed by atoms with E-state index in [1.165, 1.54) is 5.57 Å². The van der Waals surface area contributed by atoms with Crippen LogP contribution in [-0.4, -0.2) is 18.3 Å². The lowest BCUT2D eigenvalue weighted by atomic mass is 9.98. The van der Waals surface area contributed by atoms with Gasteiger partial charge < -0.3 is 9.47 Å². The van der Waals surface area contributed by atoms with Gasteiger partial charge in [-0.25, -0.2) is 0 Å². The highest BCUT2D eigenvalue weighted by Crippen LogP contribution is 2.36. The van der Waals surface area contributed by atoms with Crippen LogP contribution in [0.4, 0.5) is 0 Å². The van der Waals surface area contributed by atoms with Crippen molar-refractivity contribution in [3.63, 3.8) is 0 Å². The Labute approximate surface area is 67.2 Å². The average molecular weight is 154 g/mol. The molecule has 2 nitrogen and oxygen atoms in total. The molecule has 62 valence electrons. The maximum atomic E-state index is 5.72. The van der Waals surface area contributed by atoms with Crippen molar-refractivity contribution >= 4 is 0 Å². The van der Waals surface area contributed by atoms with E-state index >= 15 is 0 Å². The maximum absolute atomic E-state index is 5.72. The molecule has 11 heavy (non-hydrogen) atoms. The second-order valence-corrected chi connectivity index (χ2v) is 3.58. The molecular weight excluding hydrogens is 140 g/mol. The number of rotatable bonds is 0. The fourth-order valence-electron chi connectivity index (χ4n) is 1.79. The van der Waals surface area contributed by atoms with Gasteiger partial charge in [0, 0.05) is 5.92 Å². The zero-order chi connectivity index (χ0) is 8.01. The summed E-state index contributed by atoms with van der Waals surface area (Å²) in [5.74, 6) is 0.522. The standard InChI is InChI=1S/C9H14O2/c1-5-4-10-9-6(2)7(3)11-8(5)9/h4,6-9H,1-3H3. The first-order valence-electron chi connectivity index (χ1n) is 4.17. The fraction of sp³-hybridized carbons (Fsp3) is 0.778. The molecule has 0 amide bonds. The van der Waals surface area contributed by atoms with Gasteiger partial charge in [-0.3, -0.25) is 0 Å². The molecule has 0 aromatic heterocycles. The summed E-state index contributed by atoms with van der Waals surface area (Å²) in [6.45, 7) is 6.36. The Kier molecular flexibility index (Phi) is 1.46. The minimum absolute atomic E-state index is 0.236. The molecule has 0 N–H and O–H groups in total. The van der Waals surface area contributed by atoms with Gasteiger partial charge in [-0.1, -0.05) is 6.92 Å². The third kappa shape index (κ3) is 0.890. The first-order valence-corrected chi connectivity index (χ1v) is 4.17. The molecule has 1 saturated heterocycles. The summed E-state index contributed by atoms with van der Waals surface area (Å²) in [6.07, 6.45) is 2.69. The van der Waals surface area contributed by atoms with Crippen molar-refractivity contribution in [3.8, 4) is 0 Å². The monoisotopic (exact) mass is 154 g/mol. The van der Waals surface area contributed by atoms with Crippen molar-refractivity contribution in [1.82, 2.24) is 0 Å². The van der Waals surface area contributed by atoms with Crippen LogP contribution in [0.25, 0.3) is 0 Å². The SMILES string of the molecule is CC1=COC2C1OC(C)C2C. The van der Waals surface area contributed by atoms with E-state index in [4.69, 9.17) is 9.47 Å². The third-order valence-corrected chi connectivity index (χ3v) is 2.78. The molecule has 0 spiro atoms. The summed E-state index contributed by atoms with van der Waals surface area (Å²) < 4.78 is 11.2. The highest BCUT2D eigenvalue weighted by Gasteiger charge is 2.44. The van der Waals surface area contributed by atoms with Crippen molar-refractivity contribution in [2.24, 2.45) is 5.92 Å². The minimum atomic E-state index is 0.236. The molecule has 0 aliphatic carbocycles. The Hall–Kier alpha value is -0.500. The molecule has 2 aliphatic rings. The second kappa shape index (κ2) is 2.24. The van der Waals surface area contributed by atoms with E-state index in [9.17, 15) is 0 Å². The van der Waals surface area contributed by atoms with E-state index in [-0.39, 0.29) is 12.2 Å². The Morgan fingerprint density at radius 3 is 2.73 bits per heavy atom. The maximum Gasteiger partial charge on any atom is 0.133 e. The summed E-state index contributed by atoms with van der Waals surface area (Å²) in [5.41, 5.74) is 1.23. The van der Waals surface area contributed by atoms with Gasteiger partial charge in [0.25, 0.3) is 0 Å². The molecule has 0 saturated carbocycles. The smallest absolute Gasteiger partial charge is 0.133 e. The highest BCUT2D eigenvalue weighted by atomic mass is 16.6. The van der Waals surface area contributed by atoms with Crippen LogP contribution >= 0.6 is 0 Å². The van der Waals surface area contributed by atoms with E-state index in [1.54, 1.807) is 0 Å². The van der Waals surface area contributed by atoms with Gasteiger partial charge in [0.2, 0.25) is 0 Å². The quantitative estimate of drug-likeness (QED) is 0.529. The Bertz CT molecular complexity index is 198. The van der Waals surface area contributed by atoms with Gasteiger partial charge in [0.15, 0.2) is 0 Å².